The van der Waals surface area contributed by atoms with Gasteiger partial charge in [-0.2, -0.15) is 0 Å². The van der Waals surface area contributed by atoms with E-state index in [1.165, 1.54) is 6.04 Å². The third kappa shape index (κ3) is 8.32. The smallest absolute Gasteiger partial charge is 0.326 e. The second kappa shape index (κ2) is 14.5. The number of rotatable bonds is 8. The summed E-state index contributed by atoms with van der Waals surface area (Å²) in [5, 5.41) is 4.16. The molecular weight excluding hydrogens is 631 g/mol. The van der Waals surface area contributed by atoms with E-state index >= 15 is 0 Å². The van der Waals surface area contributed by atoms with E-state index in [9.17, 15) is 9.59 Å². The SMILES string of the molecule is C=C(CC)[C@H]1N(CC(=O)OC(C)(C)C)C(=S)C[C@@H](c2cccc(Cl)c2)[C@]12C(=O)Nc1cc(Cl)ccc12.COCC[Si](C)(C)C. The first-order chi connectivity index (χ1) is 20.4. The van der Waals surface area contributed by atoms with Gasteiger partial charge < -0.3 is 19.7 Å². The van der Waals surface area contributed by atoms with Gasteiger partial charge in [0.15, 0.2) is 0 Å². The molecule has 1 fully saturated rings. The third-order valence-corrected chi connectivity index (χ3v) is 10.5. The fourth-order valence-corrected chi connectivity index (χ4v) is 7.44. The average Bonchev–Trinajstić information content (AvgIpc) is 3.18. The Labute approximate surface area is 279 Å². The van der Waals surface area contributed by atoms with Crippen LogP contribution in [0.5, 0.6) is 0 Å². The summed E-state index contributed by atoms with van der Waals surface area (Å²) in [4.78, 5) is 29.6. The quantitative estimate of drug-likeness (QED) is 0.131. The Balaban J connectivity index is 0.000000583. The number of hydrogen-bond donors (Lipinski definition) is 1. The number of benzene rings is 2. The summed E-state index contributed by atoms with van der Waals surface area (Å²) in [6.07, 6.45) is 0.972. The number of nitrogens with one attached hydrogen (secondary N) is 1. The molecule has 0 bridgehead atoms. The molecule has 2 aromatic rings. The number of thiocarbonyl (C=S) groups is 1. The van der Waals surface area contributed by atoms with Crippen LogP contribution in [-0.4, -0.2) is 61.7 Å². The third-order valence-electron chi connectivity index (χ3n) is 7.91. The van der Waals surface area contributed by atoms with Crippen molar-refractivity contribution in [2.45, 2.75) is 89.2 Å². The number of fused-ring (bicyclic) bond motifs is 2. The maximum atomic E-state index is 14.2. The number of methoxy groups -OCH3 is 1. The standard InChI is InChI=1S/C28H30Cl2N2O3S.C6H16OSi/c1-6-16(2)25-28(20-11-10-19(30)13-22(20)31-26(28)34)21(17-8-7-9-18(29)12-17)14-23(36)32(25)15-24(33)35-27(3,4)5;1-7-5-6-8(2,3)4/h7-13,21,25H,2,6,14-15H2,1,3-5H3,(H,31,34);5-6H2,1-4H3/t21-,25+,28-;/m0./s1. The Hall–Kier alpha value is -2.23. The molecule has 2 aliphatic heterocycles. The molecule has 1 amide bonds. The lowest BCUT2D eigenvalue weighted by molar-refractivity contribution is -0.156. The predicted octanol–water partition coefficient (Wildman–Crippen LogP) is 8.65. The molecule has 2 heterocycles. The largest absolute Gasteiger partial charge is 0.459 e. The molecular formula is C34H46Cl2N2O4SSi. The summed E-state index contributed by atoms with van der Waals surface area (Å²) in [5.74, 6) is -0.930. The highest BCUT2D eigenvalue weighted by Gasteiger charge is 2.62. The molecule has 1 saturated heterocycles. The number of carbonyl (C=O) groups excluding carboxylic acids is 2. The lowest BCUT2D eigenvalue weighted by atomic mass is 9.58. The van der Waals surface area contributed by atoms with Gasteiger partial charge in [-0.15, -0.1) is 0 Å². The van der Waals surface area contributed by atoms with Gasteiger partial charge in [0, 0.05) is 49.9 Å². The van der Waals surface area contributed by atoms with Gasteiger partial charge in [0.05, 0.1) is 11.0 Å². The molecule has 1 spiro atoms. The molecule has 2 aliphatic rings. The van der Waals surface area contributed by atoms with Crippen molar-refractivity contribution in [2.75, 3.05) is 25.6 Å². The number of piperidine rings is 1. The number of halogens is 2. The molecule has 1 N–H and O–H groups in total. The number of esters is 1. The number of carbonyl (C=O) groups is 2. The Kier molecular flexibility index (Phi) is 11.9. The van der Waals surface area contributed by atoms with Gasteiger partial charge >= 0.3 is 5.97 Å². The Morgan fingerprint density at radius 1 is 1.16 bits per heavy atom. The summed E-state index contributed by atoms with van der Waals surface area (Å²) in [5.41, 5.74) is 1.39. The van der Waals surface area contributed by atoms with Crippen molar-refractivity contribution in [2.24, 2.45) is 0 Å². The summed E-state index contributed by atoms with van der Waals surface area (Å²) in [6.45, 7) is 19.7. The van der Waals surface area contributed by atoms with Gasteiger partial charge in [0.2, 0.25) is 5.91 Å². The van der Waals surface area contributed by atoms with Crippen molar-refractivity contribution in [1.29, 1.82) is 0 Å². The van der Waals surface area contributed by atoms with Crippen molar-refractivity contribution in [1.82, 2.24) is 4.90 Å². The number of hydrogen-bond acceptors (Lipinski definition) is 5. The van der Waals surface area contributed by atoms with Gasteiger partial charge in [-0.3, -0.25) is 9.59 Å². The van der Waals surface area contributed by atoms with Crippen LogP contribution >= 0.6 is 35.4 Å². The fraction of sp³-hybridized carbons (Fsp3) is 0.500. The molecule has 0 radical (unpaired) electrons. The summed E-state index contributed by atoms with van der Waals surface area (Å²) in [7, 11) is 0.961. The second-order valence-corrected chi connectivity index (χ2v) is 20.6. The van der Waals surface area contributed by atoms with E-state index in [1.807, 2.05) is 56.9 Å². The minimum Gasteiger partial charge on any atom is -0.459 e. The number of likely N-dealkylation sites (tertiary alicyclic amines) is 1. The number of ether oxygens (including phenoxy) is 2. The van der Waals surface area contributed by atoms with E-state index in [4.69, 9.17) is 44.9 Å². The van der Waals surface area contributed by atoms with Gasteiger partial charge in [-0.25, -0.2) is 0 Å². The molecule has 4 rings (SSSR count). The second-order valence-electron chi connectivity index (χ2n) is 13.7. The first kappa shape index (κ1) is 36.2. The molecule has 240 valence electrons. The van der Waals surface area contributed by atoms with Crippen molar-refractivity contribution >= 4 is 66.0 Å². The fourth-order valence-electron chi connectivity index (χ4n) is 5.92. The van der Waals surface area contributed by atoms with E-state index in [0.29, 0.717) is 33.6 Å². The first-order valence-electron chi connectivity index (χ1n) is 15.0. The summed E-state index contributed by atoms with van der Waals surface area (Å²) in [6, 6.07) is 13.7. The molecule has 10 heteroatoms. The molecule has 44 heavy (non-hydrogen) atoms. The minimum absolute atomic E-state index is 0.0833. The van der Waals surface area contributed by atoms with Gasteiger partial charge in [-0.05, 0) is 68.6 Å². The molecule has 0 aromatic heterocycles. The predicted molar refractivity (Wildman–Crippen MR) is 189 cm³/mol. The van der Waals surface area contributed by atoms with Crippen LogP contribution in [0, 0.1) is 0 Å². The Morgan fingerprint density at radius 2 is 1.82 bits per heavy atom. The molecule has 6 nitrogen and oxygen atoms in total. The molecule has 2 aromatic carbocycles. The maximum Gasteiger partial charge on any atom is 0.326 e. The lowest BCUT2D eigenvalue weighted by Gasteiger charge is -2.53. The van der Waals surface area contributed by atoms with Gasteiger partial charge in [-0.1, -0.05) is 92.3 Å². The monoisotopic (exact) mass is 676 g/mol. The van der Waals surface area contributed by atoms with Crippen LogP contribution < -0.4 is 5.32 Å². The normalized spacial score (nSPS) is 21.4. The summed E-state index contributed by atoms with van der Waals surface area (Å²) >= 11 is 18.6. The van der Waals surface area contributed by atoms with Gasteiger partial charge in [0.25, 0.3) is 0 Å². The highest BCUT2D eigenvalue weighted by Crippen LogP contribution is 2.57. The zero-order chi connectivity index (χ0) is 33.0. The average molecular weight is 678 g/mol. The van der Waals surface area contributed by atoms with E-state index in [-0.39, 0.29) is 18.4 Å². The van der Waals surface area contributed by atoms with E-state index in [2.05, 4.69) is 31.5 Å². The highest BCUT2D eigenvalue weighted by molar-refractivity contribution is 7.80. The van der Waals surface area contributed by atoms with Crippen LogP contribution in [0.2, 0.25) is 35.7 Å². The number of anilines is 1. The Bertz CT molecular complexity index is 1400. The van der Waals surface area contributed by atoms with Crippen molar-refractivity contribution in [3.63, 3.8) is 0 Å². The molecule has 0 aliphatic carbocycles. The Morgan fingerprint density at radius 3 is 2.36 bits per heavy atom. The zero-order valence-electron chi connectivity index (χ0n) is 27.2. The minimum atomic E-state index is -1.11. The number of nitrogens with zero attached hydrogens (tertiary/aromatic N) is 1. The van der Waals surface area contributed by atoms with Crippen molar-refractivity contribution < 1.29 is 19.1 Å². The number of amides is 1. The highest BCUT2D eigenvalue weighted by atomic mass is 35.5. The topological polar surface area (TPSA) is 67.9 Å². The molecule has 0 unspecified atom stereocenters. The van der Waals surface area contributed by atoms with Crippen LogP contribution in [0.4, 0.5) is 5.69 Å². The zero-order valence-corrected chi connectivity index (χ0v) is 30.5. The van der Waals surface area contributed by atoms with E-state index in [0.717, 1.165) is 23.3 Å². The van der Waals surface area contributed by atoms with Crippen LogP contribution in [0.3, 0.4) is 0 Å². The van der Waals surface area contributed by atoms with Crippen LogP contribution in [0.15, 0.2) is 54.6 Å². The van der Waals surface area contributed by atoms with E-state index < -0.39 is 31.1 Å². The van der Waals surface area contributed by atoms with Crippen LogP contribution in [-0.2, 0) is 24.5 Å². The van der Waals surface area contributed by atoms with Crippen molar-refractivity contribution in [3.05, 3.63) is 75.8 Å². The summed E-state index contributed by atoms with van der Waals surface area (Å²) < 4.78 is 10.6. The van der Waals surface area contributed by atoms with Crippen LogP contribution in [0.25, 0.3) is 0 Å². The molecule has 0 saturated carbocycles. The molecule has 3 atom stereocenters. The van der Waals surface area contributed by atoms with Crippen LogP contribution in [0.1, 0.15) is 57.6 Å². The lowest BCUT2D eigenvalue weighted by Crippen LogP contribution is -2.64. The van der Waals surface area contributed by atoms with E-state index in [1.54, 1.807) is 25.3 Å². The first-order valence-corrected chi connectivity index (χ1v) is 19.9. The maximum absolute atomic E-state index is 14.2. The van der Waals surface area contributed by atoms with Gasteiger partial charge in [0.1, 0.15) is 17.6 Å². The van der Waals surface area contributed by atoms with Crippen molar-refractivity contribution in [3.8, 4) is 0 Å².